The van der Waals surface area contributed by atoms with Crippen LogP contribution in [0.1, 0.15) is 16.8 Å². The van der Waals surface area contributed by atoms with E-state index in [0.29, 0.717) is 0 Å². The maximum Gasteiger partial charge on any atom is 0.379 e. The molecule has 1 aromatic rings. The van der Waals surface area contributed by atoms with Crippen molar-refractivity contribution < 1.29 is 54.3 Å². The molecule has 12 heteroatoms. The third-order valence-electron chi connectivity index (χ3n) is 4.74. The average Bonchev–Trinajstić information content (AvgIpc) is 2.94. The summed E-state index contributed by atoms with van der Waals surface area (Å²) in [7, 11) is 0. The molecular weight excluding hydrogens is 380 g/mol. The smallest absolute Gasteiger partial charge is 0.379 e. The zero-order valence-electron chi connectivity index (χ0n) is 14.5. The molecule has 28 heavy (non-hydrogen) atoms. The van der Waals surface area contributed by atoms with E-state index in [1.165, 1.54) is 12.1 Å². The molecule has 12 nitrogen and oxygen atoms in total. The predicted molar refractivity (Wildman–Crippen MR) is 87.2 cm³/mol. The van der Waals surface area contributed by atoms with E-state index in [9.17, 15) is 39.9 Å². The van der Waals surface area contributed by atoms with E-state index < -0.39 is 66.9 Å². The minimum atomic E-state index is -2.40. The Labute approximate surface area is 158 Å². The molecule has 0 radical (unpaired) electrons. The maximum absolute atomic E-state index is 12.3. The highest BCUT2D eigenvalue weighted by atomic mass is 16.6. The Morgan fingerprint density at radius 2 is 1.86 bits per heavy atom. The highest BCUT2D eigenvalue weighted by molar-refractivity contribution is 5.86. The van der Waals surface area contributed by atoms with Crippen molar-refractivity contribution in [3.05, 3.63) is 30.1 Å². The van der Waals surface area contributed by atoms with Gasteiger partial charge in [-0.2, -0.15) is 4.57 Å². The van der Waals surface area contributed by atoms with Gasteiger partial charge in [0.05, 0.1) is 13.0 Å². The van der Waals surface area contributed by atoms with Crippen LogP contribution in [-0.2, 0) is 19.9 Å². The first-order chi connectivity index (χ1) is 13.1. The van der Waals surface area contributed by atoms with Crippen molar-refractivity contribution in [2.45, 2.75) is 42.4 Å². The second kappa shape index (κ2) is 8.16. The van der Waals surface area contributed by atoms with Crippen molar-refractivity contribution in [3.63, 3.8) is 0 Å². The van der Waals surface area contributed by atoms with Gasteiger partial charge in [-0.05, 0) is 6.07 Å². The molecule has 0 spiro atoms. The summed E-state index contributed by atoms with van der Waals surface area (Å²) in [6.45, 7) is -0.741. The second-order valence-corrected chi connectivity index (χ2v) is 6.44. The highest BCUT2D eigenvalue weighted by Gasteiger charge is 2.64. The molecule has 0 saturated carbocycles. The second-order valence-electron chi connectivity index (χ2n) is 6.44. The minimum absolute atomic E-state index is 0.316. The van der Waals surface area contributed by atoms with E-state index in [-0.39, 0.29) is 5.56 Å². The Balaban J connectivity index is 2.69. The van der Waals surface area contributed by atoms with Gasteiger partial charge in [-0.3, -0.25) is 4.79 Å². The molecule has 1 aliphatic heterocycles. The number of pyridine rings is 1. The Bertz CT molecular complexity index is 772. The van der Waals surface area contributed by atoms with Crippen LogP contribution in [0.2, 0.25) is 0 Å². The molecule has 154 valence electrons. The van der Waals surface area contributed by atoms with E-state index in [2.05, 4.69) is 0 Å². The molecule has 1 aliphatic rings. The highest BCUT2D eigenvalue weighted by Crippen LogP contribution is 2.34. The van der Waals surface area contributed by atoms with Gasteiger partial charge in [-0.1, -0.05) is 0 Å². The number of ether oxygens (including phenoxy) is 1. The molecule has 0 aliphatic carbocycles. The van der Waals surface area contributed by atoms with Crippen molar-refractivity contribution in [1.82, 2.24) is 0 Å². The number of rotatable bonds is 8. The fourth-order valence-electron chi connectivity index (χ4n) is 3.25. The number of carboxylic acids is 3. The fourth-order valence-corrected chi connectivity index (χ4v) is 3.25. The van der Waals surface area contributed by atoms with Gasteiger partial charge in [0.15, 0.2) is 18.5 Å². The van der Waals surface area contributed by atoms with Crippen molar-refractivity contribution in [1.29, 1.82) is 0 Å². The van der Waals surface area contributed by atoms with Gasteiger partial charge in [-0.25, -0.2) is 9.59 Å². The average molecular weight is 401 g/mol. The summed E-state index contributed by atoms with van der Waals surface area (Å²) in [5.41, 5.74) is 2.84. The lowest BCUT2D eigenvalue weighted by Crippen LogP contribution is -2.71. The van der Waals surface area contributed by atoms with Crippen LogP contribution in [0.25, 0.3) is 0 Å². The number of aromatic nitrogens is 1. The number of aromatic carboxylic acids is 1. The summed E-state index contributed by atoms with van der Waals surface area (Å²) < 4.78 is 6.23. The van der Waals surface area contributed by atoms with E-state index in [0.717, 1.165) is 17.0 Å². The third-order valence-corrected chi connectivity index (χ3v) is 4.74. The number of aliphatic hydroxyl groups excluding tert-OH is 3. The SMILES string of the molecule is NC(CC(C(=O)O)([C@H]1O[C@H](CO)[C@@H](O)[C@H]1O)[n+]1cccc(C(=O)O)c1)C(=O)O. The van der Waals surface area contributed by atoms with Crippen LogP contribution in [0.3, 0.4) is 0 Å². The number of hydrogen-bond donors (Lipinski definition) is 7. The van der Waals surface area contributed by atoms with Crippen LogP contribution in [-0.4, -0.2) is 85.6 Å². The molecule has 0 aromatic carbocycles. The van der Waals surface area contributed by atoms with Gasteiger partial charge < -0.3 is 41.1 Å². The molecule has 2 rings (SSSR count). The molecule has 1 fully saturated rings. The van der Waals surface area contributed by atoms with Gasteiger partial charge in [0.2, 0.25) is 0 Å². The van der Waals surface area contributed by atoms with E-state index >= 15 is 0 Å². The van der Waals surface area contributed by atoms with E-state index in [1.807, 2.05) is 0 Å². The summed E-state index contributed by atoms with van der Waals surface area (Å²) in [6, 6.07) is 0.674. The van der Waals surface area contributed by atoms with Crippen LogP contribution in [0, 0.1) is 0 Å². The molecule has 2 heterocycles. The van der Waals surface area contributed by atoms with Gasteiger partial charge in [0.1, 0.15) is 29.9 Å². The Morgan fingerprint density at radius 3 is 2.32 bits per heavy atom. The van der Waals surface area contributed by atoms with Crippen LogP contribution < -0.4 is 10.3 Å². The topological polar surface area (TPSA) is 212 Å². The monoisotopic (exact) mass is 401 g/mol. The minimum Gasteiger partial charge on any atom is -0.480 e. The summed E-state index contributed by atoms with van der Waals surface area (Å²) >= 11 is 0. The van der Waals surface area contributed by atoms with Gasteiger partial charge in [-0.15, -0.1) is 0 Å². The van der Waals surface area contributed by atoms with Crippen LogP contribution in [0.15, 0.2) is 24.5 Å². The zero-order valence-corrected chi connectivity index (χ0v) is 14.5. The summed E-state index contributed by atoms with van der Waals surface area (Å²) in [5.74, 6) is -4.59. The third kappa shape index (κ3) is 3.68. The van der Waals surface area contributed by atoms with Gasteiger partial charge >= 0.3 is 17.9 Å². The molecule has 1 saturated heterocycles. The summed E-state index contributed by atoms with van der Waals surface area (Å²) in [6.07, 6.45) is -5.27. The number of aliphatic carboxylic acids is 2. The molecule has 0 amide bonds. The maximum atomic E-state index is 12.3. The number of nitrogens with zero attached hydrogens (tertiary/aromatic N) is 1. The van der Waals surface area contributed by atoms with Crippen molar-refractivity contribution in [2.24, 2.45) is 5.73 Å². The molecule has 0 bridgehead atoms. The van der Waals surface area contributed by atoms with Gasteiger partial charge in [0, 0.05) is 6.07 Å². The standard InChI is InChI=1S/C16H20N2O10/c17-8(14(24)25)4-16(15(26)27,12-11(21)10(20)9(6-19)28-12)18-3-1-2-7(5-18)13(22)23/h1-3,5,8-12,19-21H,4,6,17H2,(H2-,22,23,24,25,26,27)/p+1/t8?,9-,10-,11-,12+,16?/m1/s1. The number of nitrogens with two attached hydrogens (primary N) is 1. The van der Waals surface area contributed by atoms with Crippen molar-refractivity contribution >= 4 is 17.9 Å². The van der Waals surface area contributed by atoms with Crippen LogP contribution in [0.5, 0.6) is 0 Å². The lowest BCUT2D eigenvalue weighted by atomic mass is 9.81. The molecule has 1 aromatic heterocycles. The first-order valence-corrected chi connectivity index (χ1v) is 8.15. The zero-order chi connectivity index (χ0) is 21.2. The molecular formula is C16H21N2O10+. The van der Waals surface area contributed by atoms with Crippen molar-refractivity contribution in [3.8, 4) is 0 Å². The lowest BCUT2D eigenvalue weighted by Gasteiger charge is -2.32. The lowest BCUT2D eigenvalue weighted by molar-refractivity contribution is -0.760. The number of hydrogen-bond acceptors (Lipinski definition) is 8. The molecule has 6 atom stereocenters. The molecule has 8 N–H and O–H groups in total. The van der Waals surface area contributed by atoms with Crippen LogP contribution >= 0.6 is 0 Å². The van der Waals surface area contributed by atoms with E-state index in [1.54, 1.807) is 0 Å². The first kappa shape index (κ1) is 21.7. The quantitative estimate of drug-likeness (QED) is 0.215. The first-order valence-electron chi connectivity index (χ1n) is 8.15. The number of carbonyl (C=O) groups is 3. The largest absolute Gasteiger partial charge is 0.480 e. The molecule has 2 unspecified atom stereocenters. The normalized spacial score (nSPS) is 27.7. The van der Waals surface area contributed by atoms with Crippen molar-refractivity contribution in [2.75, 3.05) is 6.61 Å². The Kier molecular flexibility index (Phi) is 6.31. The Morgan fingerprint density at radius 1 is 1.21 bits per heavy atom. The number of carboxylic acid groups (broad SMARTS) is 3. The summed E-state index contributed by atoms with van der Waals surface area (Å²) in [5, 5.41) is 58.0. The number of aliphatic hydroxyl groups is 3. The van der Waals surface area contributed by atoms with Crippen LogP contribution in [0.4, 0.5) is 0 Å². The fraction of sp³-hybridized carbons (Fsp3) is 0.500. The van der Waals surface area contributed by atoms with E-state index in [4.69, 9.17) is 15.6 Å². The predicted octanol–water partition coefficient (Wildman–Crippen LogP) is -3.26. The van der Waals surface area contributed by atoms with Gasteiger partial charge in [0.25, 0.3) is 5.54 Å². The Hall–Kier alpha value is -2.64. The summed E-state index contributed by atoms with van der Waals surface area (Å²) in [4.78, 5) is 34.9.